The predicted molar refractivity (Wildman–Crippen MR) is 79.2 cm³/mol. The Morgan fingerprint density at radius 1 is 1.32 bits per heavy atom. The SMILES string of the molecule is CCNC(CC(C)OC)c1ccc2cccnc2c1. The quantitative estimate of drug-likeness (QED) is 0.863. The minimum Gasteiger partial charge on any atom is -0.382 e. The van der Waals surface area contributed by atoms with Crippen LogP contribution in [-0.4, -0.2) is 24.7 Å². The second kappa shape index (κ2) is 6.64. The molecule has 0 spiro atoms. The Labute approximate surface area is 115 Å². The molecule has 102 valence electrons. The molecule has 0 radical (unpaired) electrons. The fourth-order valence-corrected chi connectivity index (χ4v) is 2.31. The van der Waals surface area contributed by atoms with Crippen LogP contribution in [0.25, 0.3) is 10.9 Å². The first-order valence-electron chi connectivity index (χ1n) is 6.85. The maximum absolute atomic E-state index is 5.38. The molecule has 3 nitrogen and oxygen atoms in total. The van der Waals surface area contributed by atoms with Crippen molar-refractivity contribution in [1.29, 1.82) is 0 Å². The standard InChI is InChI=1S/C16H22N2O/c1-4-17-15(10-12(2)19-3)14-8-7-13-6-5-9-18-16(13)11-14/h5-9,11-12,15,17H,4,10H2,1-3H3. The van der Waals surface area contributed by atoms with Gasteiger partial charge in [-0.05, 0) is 37.6 Å². The highest BCUT2D eigenvalue weighted by Gasteiger charge is 2.14. The maximum atomic E-state index is 5.38. The van der Waals surface area contributed by atoms with Crippen LogP contribution in [0.3, 0.4) is 0 Å². The summed E-state index contributed by atoms with van der Waals surface area (Å²) in [5.74, 6) is 0. The van der Waals surface area contributed by atoms with Gasteiger partial charge in [0.05, 0.1) is 11.6 Å². The van der Waals surface area contributed by atoms with Crippen LogP contribution < -0.4 is 5.32 Å². The number of benzene rings is 1. The molecule has 19 heavy (non-hydrogen) atoms. The number of hydrogen-bond acceptors (Lipinski definition) is 3. The van der Waals surface area contributed by atoms with Crippen LogP contribution in [-0.2, 0) is 4.74 Å². The second-order valence-corrected chi connectivity index (χ2v) is 4.85. The molecule has 1 heterocycles. The molecule has 3 heteroatoms. The van der Waals surface area contributed by atoms with Crippen molar-refractivity contribution in [2.45, 2.75) is 32.4 Å². The first kappa shape index (κ1) is 14.0. The van der Waals surface area contributed by atoms with E-state index in [4.69, 9.17) is 4.74 Å². The fourth-order valence-electron chi connectivity index (χ4n) is 2.31. The van der Waals surface area contributed by atoms with Gasteiger partial charge in [0.1, 0.15) is 0 Å². The van der Waals surface area contributed by atoms with E-state index in [0.29, 0.717) is 6.04 Å². The molecule has 2 aromatic rings. The Balaban J connectivity index is 2.27. The zero-order chi connectivity index (χ0) is 13.7. The second-order valence-electron chi connectivity index (χ2n) is 4.85. The predicted octanol–water partition coefficient (Wildman–Crippen LogP) is 3.31. The number of pyridine rings is 1. The number of aromatic nitrogens is 1. The van der Waals surface area contributed by atoms with E-state index in [1.54, 1.807) is 7.11 Å². The molecule has 0 aliphatic carbocycles. The molecular formula is C16H22N2O. The number of hydrogen-bond donors (Lipinski definition) is 1. The number of fused-ring (bicyclic) bond motifs is 1. The van der Waals surface area contributed by atoms with Crippen molar-refractivity contribution in [2.75, 3.05) is 13.7 Å². The molecule has 0 amide bonds. The van der Waals surface area contributed by atoms with Gasteiger partial charge in [0.2, 0.25) is 0 Å². The van der Waals surface area contributed by atoms with Gasteiger partial charge in [0, 0.05) is 24.7 Å². The van der Waals surface area contributed by atoms with E-state index in [2.05, 4.69) is 48.4 Å². The summed E-state index contributed by atoms with van der Waals surface area (Å²) < 4.78 is 5.38. The molecule has 2 rings (SSSR count). The van der Waals surface area contributed by atoms with Crippen LogP contribution in [0.5, 0.6) is 0 Å². The fraction of sp³-hybridized carbons (Fsp3) is 0.438. The summed E-state index contributed by atoms with van der Waals surface area (Å²) >= 11 is 0. The van der Waals surface area contributed by atoms with Crippen LogP contribution >= 0.6 is 0 Å². The molecule has 1 N–H and O–H groups in total. The normalized spacial score (nSPS) is 14.5. The summed E-state index contributed by atoms with van der Waals surface area (Å²) in [4.78, 5) is 4.42. The van der Waals surface area contributed by atoms with Gasteiger partial charge in [0.15, 0.2) is 0 Å². The molecular weight excluding hydrogens is 236 g/mol. The average Bonchev–Trinajstić information content (AvgIpc) is 2.46. The van der Waals surface area contributed by atoms with E-state index in [-0.39, 0.29) is 6.10 Å². The van der Waals surface area contributed by atoms with Crippen molar-refractivity contribution in [3.8, 4) is 0 Å². The Hall–Kier alpha value is -1.45. The lowest BCUT2D eigenvalue weighted by atomic mass is 9.99. The molecule has 0 bridgehead atoms. The molecule has 2 unspecified atom stereocenters. The summed E-state index contributed by atoms with van der Waals surface area (Å²) in [5.41, 5.74) is 2.32. The van der Waals surface area contributed by atoms with E-state index in [0.717, 1.165) is 18.5 Å². The van der Waals surface area contributed by atoms with Crippen molar-refractivity contribution < 1.29 is 4.74 Å². The third-order valence-corrected chi connectivity index (χ3v) is 3.45. The van der Waals surface area contributed by atoms with Gasteiger partial charge >= 0.3 is 0 Å². The van der Waals surface area contributed by atoms with E-state index in [1.807, 2.05) is 12.3 Å². The highest BCUT2D eigenvalue weighted by atomic mass is 16.5. The highest BCUT2D eigenvalue weighted by Crippen LogP contribution is 2.23. The molecule has 2 atom stereocenters. The zero-order valence-electron chi connectivity index (χ0n) is 11.9. The molecule has 1 aromatic carbocycles. The summed E-state index contributed by atoms with van der Waals surface area (Å²) in [6.45, 7) is 5.18. The number of rotatable bonds is 6. The molecule has 0 aliphatic heterocycles. The van der Waals surface area contributed by atoms with Crippen molar-refractivity contribution in [3.63, 3.8) is 0 Å². The van der Waals surface area contributed by atoms with Crippen molar-refractivity contribution in [2.24, 2.45) is 0 Å². The van der Waals surface area contributed by atoms with Crippen LogP contribution in [0.4, 0.5) is 0 Å². The maximum Gasteiger partial charge on any atom is 0.0705 e. The monoisotopic (exact) mass is 258 g/mol. The number of nitrogens with zero attached hydrogens (tertiary/aromatic N) is 1. The van der Waals surface area contributed by atoms with Crippen LogP contribution in [0.15, 0.2) is 36.5 Å². The van der Waals surface area contributed by atoms with Crippen LogP contribution in [0.2, 0.25) is 0 Å². The number of ether oxygens (including phenoxy) is 1. The number of methoxy groups -OCH3 is 1. The topological polar surface area (TPSA) is 34.1 Å². The lowest BCUT2D eigenvalue weighted by Gasteiger charge is -2.21. The summed E-state index contributed by atoms with van der Waals surface area (Å²) in [6, 6.07) is 10.9. The molecule has 0 fully saturated rings. The van der Waals surface area contributed by atoms with Gasteiger partial charge in [-0.1, -0.05) is 25.1 Å². The lowest BCUT2D eigenvalue weighted by molar-refractivity contribution is 0.101. The highest BCUT2D eigenvalue weighted by molar-refractivity contribution is 5.78. The number of nitrogens with one attached hydrogen (secondary N) is 1. The Kier molecular flexibility index (Phi) is 4.88. The third-order valence-electron chi connectivity index (χ3n) is 3.45. The van der Waals surface area contributed by atoms with E-state index in [1.165, 1.54) is 10.9 Å². The van der Waals surface area contributed by atoms with Gasteiger partial charge < -0.3 is 10.1 Å². The summed E-state index contributed by atoms with van der Waals surface area (Å²) in [5, 5.41) is 4.70. The Bertz CT molecular complexity index is 527. The van der Waals surface area contributed by atoms with Crippen molar-refractivity contribution >= 4 is 10.9 Å². The molecule has 0 aliphatic rings. The molecule has 0 saturated heterocycles. The third kappa shape index (κ3) is 3.52. The lowest BCUT2D eigenvalue weighted by Crippen LogP contribution is -2.25. The van der Waals surface area contributed by atoms with Gasteiger partial charge in [-0.3, -0.25) is 4.98 Å². The minimum atomic E-state index is 0.239. The molecule has 0 saturated carbocycles. The minimum absolute atomic E-state index is 0.239. The Morgan fingerprint density at radius 3 is 2.89 bits per heavy atom. The van der Waals surface area contributed by atoms with Crippen molar-refractivity contribution in [3.05, 3.63) is 42.1 Å². The zero-order valence-corrected chi connectivity index (χ0v) is 11.9. The van der Waals surface area contributed by atoms with Gasteiger partial charge in [0.25, 0.3) is 0 Å². The van der Waals surface area contributed by atoms with E-state index in [9.17, 15) is 0 Å². The Morgan fingerprint density at radius 2 is 2.16 bits per heavy atom. The smallest absolute Gasteiger partial charge is 0.0705 e. The largest absolute Gasteiger partial charge is 0.382 e. The first-order valence-corrected chi connectivity index (χ1v) is 6.85. The van der Waals surface area contributed by atoms with Gasteiger partial charge in [-0.15, -0.1) is 0 Å². The van der Waals surface area contributed by atoms with Crippen molar-refractivity contribution in [1.82, 2.24) is 10.3 Å². The first-order chi connectivity index (χ1) is 9.24. The van der Waals surface area contributed by atoms with Crippen LogP contribution in [0.1, 0.15) is 31.9 Å². The molecule has 1 aromatic heterocycles. The summed E-state index contributed by atoms with van der Waals surface area (Å²) in [7, 11) is 1.76. The average molecular weight is 258 g/mol. The van der Waals surface area contributed by atoms with Gasteiger partial charge in [-0.25, -0.2) is 0 Å². The van der Waals surface area contributed by atoms with Crippen LogP contribution in [0, 0.1) is 0 Å². The van der Waals surface area contributed by atoms with Gasteiger partial charge in [-0.2, -0.15) is 0 Å². The van der Waals surface area contributed by atoms with E-state index >= 15 is 0 Å². The summed E-state index contributed by atoms with van der Waals surface area (Å²) in [6.07, 6.45) is 3.04. The van der Waals surface area contributed by atoms with E-state index < -0.39 is 0 Å².